The van der Waals surface area contributed by atoms with E-state index in [1.165, 1.54) is 0 Å². The smallest absolute Gasteiger partial charge is 0.258 e. The largest absolute Gasteiger partial charge is 0.288 e. The first-order chi connectivity index (χ1) is 10.6. The summed E-state index contributed by atoms with van der Waals surface area (Å²) in [6.07, 6.45) is 0. The van der Waals surface area contributed by atoms with E-state index in [2.05, 4.69) is 10.6 Å². The van der Waals surface area contributed by atoms with Gasteiger partial charge in [0.05, 0.1) is 22.3 Å². The van der Waals surface area contributed by atoms with Crippen LogP contribution in [0, 0.1) is 0 Å². The van der Waals surface area contributed by atoms with Gasteiger partial charge in [-0.2, -0.15) is 13.5 Å². The molecule has 0 atom stereocenters. The van der Waals surface area contributed by atoms with Gasteiger partial charge >= 0.3 is 0 Å². The van der Waals surface area contributed by atoms with E-state index in [1.807, 2.05) is 0 Å². The second-order valence-electron chi connectivity index (χ2n) is 4.66. The van der Waals surface area contributed by atoms with Crippen LogP contribution in [0.3, 0.4) is 0 Å². The molecule has 0 saturated heterocycles. The Kier molecular flexibility index (Phi) is 4.61. The quantitative estimate of drug-likeness (QED) is 0.712. The van der Waals surface area contributed by atoms with Gasteiger partial charge in [-0.1, -0.05) is 24.3 Å². The molecule has 0 saturated carbocycles. The van der Waals surface area contributed by atoms with E-state index in [1.54, 1.807) is 48.5 Å². The Morgan fingerprint density at radius 2 is 0.696 bits per heavy atom. The van der Waals surface area contributed by atoms with Crippen molar-refractivity contribution in [2.24, 2.45) is 0 Å². The van der Waals surface area contributed by atoms with Crippen molar-refractivity contribution in [1.82, 2.24) is 10.6 Å². The summed E-state index contributed by atoms with van der Waals surface area (Å²) in [6.45, 7) is 0. The number of benzene rings is 2. The Balaban J connectivity index is 0.000000160. The van der Waals surface area contributed by atoms with Crippen LogP contribution in [0.1, 0.15) is 41.4 Å². The molecule has 2 aliphatic heterocycles. The summed E-state index contributed by atoms with van der Waals surface area (Å²) in [4.78, 5) is 43.8. The molecule has 0 radical (unpaired) electrons. The molecule has 23 heavy (non-hydrogen) atoms. The summed E-state index contributed by atoms with van der Waals surface area (Å²) in [6, 6.07) is 13.5. The molecule has 0 unspecified atom stereocenters. The fourth-order valence-corrected chi connectivity index (χ4v) is 2.23. The number of fused-ring (bicyclic) bond motifs is 2. The lowest BCUT2D eigenvalue weighted by Crippen LogP contribution is -2.19. The van der Waals surface area contributed by atoms with Crippen LogP contribution in [0.25, 0.3) is 0 Å². The molecular weight excluding hydrogens is 316 g/mol. The molecule has 0 aliphatic carbocycles. The lowest BCUT2D eigenvalue weighted by atomic mass is 10.1. The summed E-state index contributed by atoms with van der Waals surface area (Å²) >= 11 is 0. The molecular formula is C16H12N2O4S. The topological polar surface area (TPSA) is 92.3 Å². The molecule has 2 aromatic carbocycles. The molecule has 2 aliphatic rings. The first kappa shape index (κ1) is 16.4. The summed E-state index contributed by atoms with van der Waals surface area (Å²) < 4.78 is 0. The highest BCUT2D eigenvalue weighted by Gasteiger charge is 2.25. The van der Waals surface area contributed by atoms with E-state index in [-0.39, 0.29) is 37.1 Å². The maximum atomic E-state index is 10.9. The third-order valence-electron chi connectivity index (χ3n) is 3.29. The van der Waals surface area contributed by atoms with Gasteiger partial charge in [0.15, 0.2) is 0 Å². The number of amides is 4. The molecule has 2 N–H and O–H groups in total. The van der Waals surface area contributed by atoms with Crippen molar-refractivity contribution in [3.8, 4) is 0 Å². The van der Waals surface area contributed by atoms with Crippen LogP contribution in [0.2, 0.25) is 0 Å². The normalized spacial score (nSPS) is 13.9. The minimum atomic E-state index is -0.300. The predicted octanol–water partition coefficient (Wildman–Crippen LogP) is 1.25. The lowest BCUT2D eigenvalue weighted by Gasteiger charge is -1.88. The van der Waals surface area contributed by atoms with Crippen molar-refractivity contribution in [1.29, 1.82) is 0 Å². The molecule has 0 fully saturated rings. The van der Waals surface area contributed by atoms with Crippen LogP contribution in [0.15, 0.2) is 48.5 Å². The highest BCUT2D eigenvalue weighted by molar-refractivity contribution is 7.59. The Hall–Kier alpha value is -2.93. The Morgan fingerprint density at radius 3 is 0.913 bits per heavy atom. The number of rotatable bonds is 0. The average molecular weight is 328 g/mol. The molecule has 2 aromatic rings. The molecule has 7 heteroatoms. The highest BCUT2D eigenvalue weighted by Crippen LogP contribution is 2.14. The SMILES string of the molecule is O=C1NC(=O)c2ccccc21.O=C1NC(=O)c2ccccc21.S. The van der Waals surface area contributed by atoms with Crippen LogP contribution < -0.4 is 10.6 Å². The molecule has 6 nitrogen and oxygen atoms in total. The number of nitrogens with one attached hydrogen (secondary N) is 2. The Bertz CT molecular complexity index is 697. The zero-order valence-corrected chi connectivity index (χ0v) is 12.8. The van der Waals surface area contributed by atoms with Crippen LogP contribution in [0.4, 0.5) is 0 Å². The van der Waals surface area contributed by atoms with Crippen molar-refractivity contribution in [2.75, 3.05) is 0 Å². The molecule has 0 aromatic heterocycles. The minimum absolute atomic E-state index is 0. The van der Waals surface area contributed by atoms with Gasteiger partial charge in [0.2, 0.25) is 0 Å². The number of hydrogen-bond acceptors (Lipinski definition) is 4. The fraction of sp³-hybridized carbons (Fsp3) is 0. The van der Waals surface area contributed by atoms with Gasteiger partial charge in [0.1, 0.15) is 0 Å². The van der Waals surface area contributed by atoms with E-state index >= 15 is 0 Å². The molecule has 116 valence electrons. The van der Waals surface area contributed by atoms with E-state index in [4.69, 9.17) is 0 Å². The second-order valence-corrected chi connectivity index (χ2v) is 4.66. The zero-order chi connectivity index (χ0) is 15.7. The second kappa shape index (κ2) is 6.45. The van der Waals surface area contributed by atoms with Crippen molar-refractivity contribution in [2.45, 2.75) is 0 Å². The maximum Gasteiger partial charge on any atom is 0.258 e. The lowest BCUT2D eigenvalue weighted by molar-refractivity contribution is 0.0863. The fourth-order valence-electron chi connectivity index (χ4n) is 2.23. The van der Waals surface area contributed by atoms with Gasteiger partial charge in [-0.25, -0.2) is 0 Å². The van der Waals surface area contributed by atoms with Crippen LogP contribution in [-0.2, 0) is 0 Å². The molecule has 0 spiro atoms. The zero-order valence-electron chi connectivity index (χ0n) is 11.8. The van der Waals surface area contributed by atoms with Crippen molar-refractivity contribution in [3.05, 3.63) is 70.8 Å². The Labute approximate surface area is 138 Å². The minimum Gasteiger partial charge on any atom is -0.288 e. The van der Waals surface area contributed by atoms with Crippen LogP contribution >= 0.6 is 13.5 Å². The molecule has 4 rings (SSSR count). The van der Waals surface area contributed by atoms with Gasteiger partial charge in [-0.05, 0) is 24.3 Å². The average Bonchev–Trinajstić information content (AvgIpc) is 2.99. The standard InChI is InChI=1S/2C8H5NO2.H2S/c2*10-7-5-3-1-2-4-6(5)8(11)9-7;/h2*1-4H,(H,9,10,11);1H2. The van der Waals surface area contributed by atoms with Crippen molar-refractivity contribution < 1.29 is 19.2 Å². The number of carbonyl (C=O) groups excluding carboxylic acids is 4. The molecule has 4 amide bonds. The van der Waals surface area contributed by atoms with Gasteiger partial charge < -0.3 is 0 Å². The first-order valence-corrected chi connectivity index (χ1v) is 6.47. The summed E-state index contributed by atoms with van der Waals surface area (Å²) in [5.74, 6) is -1.20. The monoisotopic (exact) mass is 328 g/mol. The first-order valence-electron chi connectivity index (χ1n) is 6.47. The third kappa shape index (κ3) is 3.00. The summed E-state index contributed by atoms with van der Waals surface area (Å²) in [5, 5.41) is 4.41. The van der Waals surface area contributed by atoms with Gasteiger partial charge in [0.25, 0.3) is 23.6 Å². The number of hydrogen-bond donors (Lipinski definition) is 2. The van der Waals surface area contributed by atoms with Crippen molar-refractivity contribution >= 4 is 37.1 Å². The Morgan fingerprint density at radius 1 is 0.478 bits per heavy atom. The van der Waals surface area contributed by atoms with Crippen LogP contribution in [-0.4, -0.2) is 23.6 Å². The van der Waals surface area contributed by atoms with E-state index < -0.39 is 0 Å². The molecule has 0 bridgehead atoms. The number of imide groups is 2. The maximum absolute atomic E-state index is 10.9. The van der Waals surface area contributed by atoms with E-state index in [0.29, 0.717) is 22.3 Å². The van der Waals surface area contributed by atoms with E-state index in [0.717, 1.165) is 0 Å². The number of carbonyl (C=O) groups is 4. The van der Waals surface area contributed by atoms with E-state index in [9.17, 15) is 19.2 Å². The van der Waals surface area contributed by atoms with Crippen LogP contribution in [0.5, 0.6) is 0 Å². The predicted molar refractivity (Wildman–Crippen MR) is 86.9 cm³/mol. The van der Waals surface area contributed by atoms with Crippen molar-refractivity contribution in [3.63, 3.8) is 0 Å². The van der Waals surface area contributed by atoms with Gasteiger partial charge in [0, 0.05) is 0 Å². The summed E-state index contributed by atoms with van der Waals surface area (Å²) in [5.41, 5.74) is 1.88. The third-order valence-corrected chi connectivity index (χ3v) is 3.29. The van der Waals surface area contributed by atoms with Gasteiger partial charge in [-0.3, -0.25) is 29.8 Å². The van der Waals surface area contributed by atoms with Gasteiger partial charge in [-0.15, -0.1) is 0 Å². The summed E-state index contributed by atoms with van der Waals surface area (Å²) in [7, 11) is 0. The highest BCUT2D eigenvalue weighted by atomic mass is 32.1. The molecule has 2 heterocycles.